The zero-order valence-corrected chi connectivity index (χ0v) is 26.8. The lowest BCUT2D eigenvalue weighted by Gasteiger charge is -2.31. The number of fused-ring (bicyclic) bond motifs is 2. The van der Waals surface area contributed by atoms with Crippen LogP contribution in [0.5, 0.6) is 0 Å². The maximum Gasteiger partial charge on any atom is 0.407 e. The van der Waals surface area contributed by atoms with Gasteiger partial charge >= 0.3 is 6.09 Å². The smallest absolute Gasteiger partial charge is 0.407 e. The number of benzene rings is 2. The SMILES string of the molecule is CN=C(C)C1C(=O)Nc2ccc(S(=O)(=O)N(CC(C)C)C[C@@H](O)[C@H](Cc3ccccc3)NC(=O)O[C@H]3CO[C@H]4OCC[C@H]43)cc21. The number of rotatable bonds is 12. The van der Waals surface area contributed by atoms with Crippen molar-refractivity contribution in [3.05, 3.63) is 59.7 Å². The van der Waals surface area contributed by atoms with Gasteiger partial charge in [0.25, 0.3) is 0 Å². The molecule has 0 aliphatic carbocycles. The molecule has 0 saturated carbocycles. The molecule has 2 saturated heterocycles. The molecule has 2 aromatic rings. The second kappa shape index (κ2) is 14.0. The van der Waals surface area contributed by atoms with Crippen molar-refractivity contribution in [3.8, 4) is 0 Å². The Morgan fingerprint density at radius 1 is 1.18 bits per heavy atom. The van der Waals surface area contributed by atoms with Crippen LogP contribution in [0.1, 0.15) is 44.2 Å². The van der Waals surface area contributed by atoms with Crippen molar-refractivity contribution in [1.29, 1.82) is 0 Å². The number of nitrogens with one attached hydrogen (secondary N) is 2. The van der Waals surface area contributed by atoms with E-state index in [1.807, 2.05) is 44.2 Å². The number of ether oxygens (including phenoxy) is 3. The van der Waals surface area contributed by atoms with Crippen LogP contribution in [-0.4, -0.2) is 93.4 Å². The Labute approximate surface area is 264 Å². The first-order valence-electron chi connectivity index (χ1n) is 15.3. The number of hydrogen-bond acceptors (Lipinski definition) is 9. The van der Waals surface area contributed by atoms with Gasteiger partial charge in [0.2, 0.25) is 15.9 Å². The summed E-state index contributed by atoms with van der Waals surface area (Å²) in [7, 11) is -2.54. The van der Waals surface area contributed by atoms with Gasteiger partial charge in [-0.05, 0) is 55.0 Å². The number of alkyl carbamates (subject to hydrolysis) is 1. The van der Waals surface area contributed by atoms with Crippen molar-refractivity contribution >= 4 is 33.4 Å². The number of hydrogen-bond donors (Lipinski definition) is 3. The zero-order valence-electron chi connectivity index (χ0n) is 26.0. The van der Waals surface area contributed by atoms with Crippen molar-refractivity contribution in [2.75, 3.05) is 38.7 Å². The van der Waals surface area contributed by atoms with Crippen molar-refractivity contribution < 1.29 is 37.3 Å². The lowest BCUT2D eigenvalue weighted by Crippen LogP contribution is -2.51. The third-order valence-corrected chi connectivity index (χ3v) is 10.4. The van der Waals surface area contributed by atoms with Crippen LogP contribution in [0.3, 0.4) is 0 Å². The predicted octanol–water partition coefficient (Wildman–Crippen LogP) is 2.92. The molecule has 1 unspecified atom stereocenters. The summed E-state index contributed by atoms with van der Waals surface area (Å²) in [5.74, 6) is -1.07. The van der Waals surface area contributed by atoms with E-state index in [2.05, 4.69) is 15.6 Å². The molecule has 0 radical (unpaired) electrons. The van der Waals surface area contributed by atoms with Crippen molar-refractivity contribution in [3.63, 3.8) is 0 Å². The van der Waals surface area contributed by atoms with E-state index < -0.39 is 40.3 Å². The molecule has 3 heterocycles. The predicted molar refractivity (Wildman–Crippen MR) is 168 cm³/mol. The fraction of sp³-hybridized carbons (Fsp3) is 0.531. The first kappa shape index (κ1) is 33.0. The van der Waals surface area contributed by atoms with E-state index in [1.54, 1.807) is 20.0 Å². The Bertz CT molecular complexity index is 1520. The van der Waals surface area contributed by atoms with Gasteiger partial charge in [-0.15, -0.1) is 0 Å². The number of aliphatic imine (C=N–C) groups is 1. The number of aliphatic hydroxyl groups excluding tert-OH is 1. The van der Waals surface area contributed by atoms with Gasteiger partial charge in [0.15, 0.2) is 6.29 Å². The molecule has 45 heavy (non-hydrogen) atoms. The molecule has 2 fully saturated rings. The van der Waals surface area contributed by atoms with E-state index in [9.17, 15) is 23.1 Å². The van der Waals surface area contributed by atoms with Crippen molar-refractivity contribution in [2.24, 2.45) is 16.8 Å². The van der Waals surface area contributed by atoms with Crippen LogP contribution in [0.2, 0.25) is 0 Å². The van der Waals surface area contributed by atoms with E-state index in [-0.39, 0.29) is 55.0 Å². The van der Waals surface area contributed by atoms with Crippen LogP contribution in [0, 0.1) is 11.8 Å². The highest BCUT2D eigenvalue weighted by atomic mass is 32.2. The van der Waals surface area contributed by atoms with E-state index >= 15 is 0 Å². The van der Waals surface area contributed by atoms with Gasteiger partial charge in [0.05, 0.1) is 36.2 Å². The Morgan fingerprint density at radius 2 is 1.93 bits per heavy atom. The molecule has 5 rings (SSSR count). The summed E-state index contributed by atoms with van der Waals surface area (Å²) in [6.07, 6.45) is -1.90. The minimum atomic E-state index is -4.13. The Morgan fingerprint density at radius 3 is 2.64 bits per heavy atom. The van der Waals surface area contributed by atoms with Crippen LogP contribution in [-0.2, 0) is 35.4 Å². The maximum atomic E-state index is 14.1. The molecule has 0 aromatic heterocycles. The summed E-state index contributed by atoms with van der Waals surface area (Å²) >= 11 is 0. The van der Waals surface area contributed by atoms with Gasteiger partial charge in [-0.25, -0.2) is 13.2 Å². The summed E-state index contributed by atoms with van der Waals surface area (Å²) in [5.41, 5.74) is 2.49. The van der Waals surface area contributed by atoms with Gasteiger partial charge in [-0.2, -0.15) is 4.31 Å². The normalized spacial score (nSPS) is 24.3. The minimum absolute atomic E-state index is 0.000974. The fourth-order valence-electron chi connectivity index (χ4n) is 6.13. The van der Waals surface area contributed by atoms with Crippen LogP contribution in [0.15, 0.2) is 58.4 Å². The number of carbonyl (C=O) groups excluding carboxylic acids is 2. The van der Waals surface area contributed by atoms with Gasteiger partial charge in [0, 0.05) is 31.5 Å². The molecule has 3 aliphatic heterocycles. The average Bonchev–Trinajstić information content (AvgIpc) is 3.71. The van der Waals surface area contributed by atoms with Crippen LogP contribution >= 0.6 is 0 Å². The highest BCUT2D eigenvalue weighted by Gasteiger charge is 2.44. The van der Waals surface area contributed by atoms with Crippen LogP contribution < -0.4 is 10.6 Å². The van der Waals surface area contributed by atoms with Gasteiger partial charge < -0.3 is 30.0 Å². The first-order chi connectivity index (χ1) is 21.5. The highest BCUT2D eigenvalue weighted by molar-refractivity contribution is 7.89. The maximum absolute atomic E-state index is 14.1. The summed E-state index contributed by atoms with van der Waals surface area (Å²) in [4.78, 5) is 29.9. The molecule has 244 valence electrons. The van der Waals surface area contributed by atoms with E-state index in [1.165, 1.54) is 16.4 Å². The largest absolute Gasteiger partial charge is 0.443 e. The molecule has 0 bridgehead atoms. The second-order valence-electron chi connectivity index (χ2n) is 12.2. The van der Waals surface area contributed by atoms with Crippen molar-refractivity contribution in [1.82, 2.24) is 9.62 Å². The fourth-order valence-corrected chi connectivity index (χ4v) is 7.79. The highest BCUT2D eigenvalue weighted by Crippen LogP contribution is 2.36. The average molecular weight is 643 g/mol. The Kier molecular flexibility index (Phi) is 10.2. The topological polar surface area (TPSA) is 156 Å². The van der Waals surface area contributed by atoms with Crippen LogP contribution in [0.4, 0.5) is 10.5 Å². The third kappa shape index (κ3) is 7.39. The lowest BCUT2D eigenvalue weighted by atomic mass is 9.96. The molecular formula is C32H42N4O8S. The minimum Gasteiger partial charge on any atom is -0.443 e. The monoisotopic (exact) mass is 642 g/mol. The molecule has 2 aromatic carbocycles. The molecule has 3 aliphatic rings. The van der Waals surface area contributed by atoms with Gasteiger partial charge in [0.1, 0.15) is 12.0 Å². The third-order valence-electron chi connectivity index (χ3n) is 8.53. The lowest BCUT2D eigenvalue weighted by molar-refractivity contribution is -0.115. The molecule has 2 amide bonds. The standard InChI is InChI=1S/C32H42N4O8S/c1-19(2)16-36(45(40,41)22-10-11-25-24(15-22)29(20(3)33-4)30(38)34-25)17-27(37)26(14-21-8-6-5-7-9-21)35-32(39)44-28-18-43-31-23(28)12-13-42-31/h5-11,15,19,23,26-29,31,37H,12-14,16-18H2,1-4H3,(H,34,38)(H,35,39)/t23-,26-,27+,28-,29?,31+/m0/s1. The quantitative estimate of drug-likeness (QED) is 0.299. The second-order valence-corrected chi connectivity index (χ2v) is 14.2. The number of carbonyl (C=O) groups is 2. The van der Waals surface area contributed by atoms with E-state index in [0.29, 0.717) is 23.6 Å². The van der Waals surface area contributed by atoms with E-state index in [0.717, 1.165) is 12.0 Å². The van der Waals surface area contributed by atoms with Crippen LogP contribution in [0.25, 0.3) is 0 Å². The molecular weight excluding hydrogens is 600 g/mol. The molecule has 6 atom stereocenters. The zero-order chi connectivity index (χ0) is 32.3. The molecule has 3 N–H and O–H groups in total. The first-order valence-corrected chi connectivity index (χ1v) is 16.7. The van der Waals surface area contributed by atoms with Gasteiger partial charge in [-0.1, -0.05) is 44.2 Å². The number of aliphatic hydroxyl groups is 1. The number of amides is 2. The number of anilines is 1. The molecule has 0 spiro atoms. The Balaban J connectivity index is 1.37. The molecule has 12 nitrogen and oxygen atoms in total. The molecule has 13 heteroatoms. The summed E-state index contributed by atoms with van der Waals surface area (Å²) in [5, 5.41) is 17.2. The Hall–Kier alpha value is -3.36. The van der Waals surface area contributed by atoms with E-state index in [4.69, 9.17) is 14.2 Å². The number of nitrogens with zero attached hydrogens (tertiary/aromatic N) is 2. The van der Waals surface area contributed by atoms with Crippen molar-refractivity contribution in [2.45, 2.75) is 69.0 Å². The summed E-state index contributed by atoms with van der Waals surface area (Å²) in [6, 6.07) is 13.0. The summed E-state index contributed by atoms with van der Waals surface area (Å²) in [6.45, 7) is 6.10. The number of sulfonamides is 1. The van der Waals surface area contributed by atoms with Gasteiger partial charge in [-0.3, -0.25) is 9.79 Å². The summed E-state index contributed by atoms with van der Waals surface area (Å²) < 4.78 is 46.3.